The molecule has 0 aromatic heterocycles. The minimum absolute atomic E-state index is 0.513. The van der Waals surface area contributed by atoms with Crippen LogP contribution in [0.25, 0.3) is 0 Å². The summed E-state index contributed by atoms with van der Waals surface area (Å²) >= 11 is 0. The summed E-state index contributed by atoms with van der Waals surface area (Å²) in [4.78, 5) is 11.6. The summed E-state index contributed by atoms with van der Waals surface area (Å²) in [6.07, 6.45) is 8.89. The molecule has 3 aliphatic rings. The van der Waals surface area contributed by atoms with Gasteiger partial charge in [-0.2, -0.15) is 0 Å². The first-order valence-electron chi connectivity index (χ1n) is 5.36. The van der Waals surface area contributed by atoms with Crippen molar-refractivity contribution in [3.05, 3.63) is 0 Å². The van der Waals surface area contributed by atoms with E-state index in [0.29, 0.717) is 17.1 Å². The lowest BCUT2D eigenvalue weighted by molar-refractivity contribution is -0.143. The first-order chi connectivity index (χ1) is 5.83. The molecule has 1 spiro atoms. The zero-order chi connectivity index (χ0) is 8.18. The van der Waals surface area contributed by atoms with Crippen molar-refractivity contribution in [2.45, 2.75) is 44.9 Å². The molecular weight excluding hydrogens is 148 g/mol. The van der Waals surface area contributed by atoms with Gasteiger partial charge >= 0.3 is 0 Å². The van der Waals surface area contributed by atoms with Crippen LogP contribution >= 0.6 is 0 Å². The molecule has 12 heavy (non-hydrogen) atoms. The zero-order valence-electron chi connectivity index (χ0n) is 7.51. The molecule has 1 heteroatoms. The summed E-state index contributed by atoms with van der Waals surface area (Å²) in [6.45, 7) is 0. The molecule has 0 bridgehead atoms. The lowest BCUT2D eigenvalue weighted by Crippen LogP contribution is -2.50. The summed E-state index contributed by atoms with van der Waals surface area (Å²) in [5.74, 6) is 2.05. The Bertz CT molecular complexity index is 233. The molecule has 0 aliphatic heterocycles. The number of hydrogen-bond acceptors (Lipinski definition) is 1. The normalized spacial score (nSPS) is 51.2. The first kappa shape index (κ1) is 7.11. The highest BCUT2D eigenvalue weighted by Crippen LogP contribution is 2.64. The van der Waals surface area contributed by atoms with Gasteiger partial charge in [0.15, 0.2) is 0 Å². The summed E-state index contributed by atoms with van der Waals surface area (Å²) in [5.41, 5.74) is 0.551. The molecule has 0 unspecified atom stereocenters. The smallest absolute Gasteiger partial charge is 0.136 e. The van der Waals surface area contributed by atoms with Gasteiger partial charge in [-0.1, -0.05) is 6.42 Å². The predicted octanol–water partition coefficient (Wildman–Crippen LogP) is 2.55. The quantitative estimate of drug-likeness (QED) is 0.537. The fourth-order valence-electron chi connectivity index (χ4n) is 4.02. The summed E-state index contributed by atoms with van der Waals surface area (Å²) in [7, 11) is 0. The Morgan fingerprint density at radius 3 is 2.83 bits per heavy atom. The molecular formula is C11H16O. The standard InChI is InChI=1S/C11H16O/c12-10-4-3-8-2-1-6-11(8)7-5-9(10)11/h8-9H,1-7H2/t8-,9-,11+/m0/s1. The Morgan fingerprint density at radius 2 is 2.08 bits per heavy atom. The summed E-state index contributed by atoms with van der Waals surface area (Å²) in [6, 6.07) is 0. The lowest BCUT2D eigenvalue weighted by atomic mass is 9.50. The van der Waals surface area contributed by atoms with Gasteiger partial charge in [0.2, 0.25) is 0 Å². The van der Waals surface area contributed by atoms with Crippen LogP contribution in [0.2, 0.25) is 0 Å². The largest absolute Gasteiger partial charge is 0.299 e. The van der Waals surface area contributed by atoms with Crippen LogP contribution in [0, 0.1) is 17.3 Å². The van der Waals surface area contributed by atoms with E-state index >= 15 is 0 Å². The highest BCUT2D eigenvalue weighted by atomic mass is 16.1. The maximum absolute atomic E-state index is 11.6. The van der Waals surface area contributed by atoms with Crippen molar-refractivity contribution in [3.63, 3.8) is 0 Å². The summed E-state index contributed by atoms with van der Waals surface area (Å²) in [5, 5.41) is 0. The van der Waals surface area contributed by atoms with Gasteiger partial charge in [0, 0.05) is 12.3 Å². The first-order valence-corrected chi connectivity index (χ1v) is 5.36. The van der Waals surface area contributed by atoms with Crippen LogP contribution in [0.4, 0.5) is 0 Å². The molecule has 3 rings (SSSR count). The molecule has 0 heterocycles. The molecule has 0 saturated heterocycles. The maximum atomic E-state index is 11.6. The van der Waals surface area contributed by atoms with Crippen molar-refractivity contribution >= 4 is 5.78 Å². The Morgan fingerprint density at radius 1 is 1.17 bits per heavy atom. The van der Waals surface area contributed by atoms with Gasteiger partial charge in [0.25, 0.3) is 0 Å². The Hall–Kier alpha value is -0.330. The van der Waals surface area contributed by atoms with Crippen LogP contribution in [0.5, 0.6) is 0 Å². The molecule has 0 aromatic carbocycles. The zero-order valence-corrected chi connectivity index (χ0v) is 7.51. The third kappa shape index (κ3) is 0.641. The Labute approximate surface area is 73.5 Å². The van der Waals surface area contributed by atoms with Crippen LogP contribution in [-0.2, 0) is 4.79 Å². The van der Waals surface area contributed by atoms with Crippen molar-refractivity contribution < 1.29 is 4.79 Å². The molecule has 0 amide bonds. The van der Waals surface area contributed by atoms with Gasteiger partial charge in [0.05, 0.1) is 0 Å². The number of Topliss-reactive ketones (excluding diaryl/α,β-unsaturated/α-hetero) is 1. The molecule has 3 aliphatic carbocycles. The van der Waals surface area contributed by atoms with Gasteiger partial charge < -0.3 is 0 Å². The van der Waals surface area contributed by atoms with E-state index in [2.05, 4.69) is 0 Å². The van der Waals surface area contributed by atoms with Crippen LogP contribution in [-0.4, -0.2) is 5.78 Å². The Kier molecular flexibility index (Phi) is 1.26. The third-order valence-corrected chi connectivity index (χ3v) is 4.73. The van der Waals surface area contributed by atoms with Crippen molar-refractivity contribution in [1.29, 1.82) is 0 Å². The lowest BCUT2D eigenvalue weighted by Gasteiger charge is -2.53. The molecule has 66 valence electrons. The second-order valence-corrected chi connectivity index (χ2v) is 4.92. The number of carbonyl (C=O) groups is 1. The van der Waals surface area contributed by atoms with E-state index in [4.69, 9.17) is 0 Å². The molecule has 3 fully saturated rings. The van der Waals surface area contributed by atoms with Gasteiger partial charge in [-0.25, -0.2) is 0 Å². The van der Waals surface area contributed by atoms with Gasteiger partial charge in [0.1, 0.15) is 5.78 Å². The molecule has 0 N–H and O–H groups in total. The van der Waals surface area contributed by atoms with E-state index in [1.807, 2.05) is 0 Å². The average molecular weight is 164 g/mol. The van der Waals surface area contributed by atoms with Gasteiger partial charge in [-0.05, 0) is 43.4 Å². The Balaban J connectivity index is 1.95. The van der Waals surface area contributed by atoms with Gasteiger partial charge in [-0.3, -0.25) is 4.79 Å². The molecule has 0 radical (unpaired) electrons. The second-order valence-electron chi connectivity index (χ2n) is 4.92. The maximum Gasteiger partial charge on any atom is 0.136 e. The molecule has 0 aromatic rings. The number of carbonyl (C=O) groups excluding carboxylic acids is 1. The minimum atomic E-state index is 0.513. The third-order valence-electron chi connectivity index (χ3n) is 4.73. The fourth-order valence-corrected chi connectivity index (χ4v) is 4.02. The minimum Gasteiger partial charge on any atom is -0.299 e. The van der Waals surface area contributed by atoms with Crippen LogP contribution in [0.3, 0.4) is 0 Å². The highest BCUT2D eigenvalue weighted by Gasteiger charge is 2.58. The average Bonchev–Trinajstić information content (AvgIpc) is 2.42. The van der Waals surface area contributed by atoms with Crippen LogP contribution in [0.1, 0.15) is 44.9 Å². The van der Waals surface area contributed by atoms with Crippen LogP contribution in [0.15, 0.2) is 0 Å². The van der Waals surface area contributed by atoms with Crippen molar-refractivity contribution in [2.24, 2.45) is 17.3 Å². The number of hydrogen-bond donors (Lipinski definition) is 0. The van der Waals surface area contributed by atoms with Crippen molar-refractivity contribution in [2.75, 3.05) is 0 Å². The number of rotatable bonds is 0. The van der Waals surface area contributed by atoms with Crippen LogP contribution < -0.4 is 0 Å². The van der Waals surface area contributed by atoms with E-state index < -0.39 is 0 Å². The topological polar surface area (TPSA) is 17.1 Å². The SMILES string of the molecule is O=C1CC[C@@H]2CCC[C@@]23CC[C@@H]13. The highest BCUT2D eigenvalue weighted by molar-refractivity contribution is 5.84. The molecule has 3 saturated carbocycles. The van der Waals surface area contributed by atoms with E-state index in [-0.39, 0.29) is 0 Å². The second kappa shape index (κ2) is 2.12. The predicted molar refractivity (Wildman–Crippen MR) is 46.7 cm³/mol. The molecule has 1 nitrogen and oxygen atoms in total. The summed E-state index contributed by atoms with van der Waals surface area (Å²) < 4.78 is 0. The number of ketones is 1. The van der Waals surface area contributed by atoms with E-state index in [9.17, 15) is 4.79 Å². The molecule has 3 atom stereocenters. The van der Waals surface area contributed by atoms with Gasteiger partial charge in [-0.15, -0.1) is 0 Å². The van der Waals surface area contributed by atoms with Crippen molar-refractivity contribution in [3.8, 4) is 0 Å². The van der Waals surface area contributed by atoms with Crippen molar-refractivity contribution in [1.82, 2.24) is 0 Å². The van der Waals surface area contributed by atoms with E-state index in [0.717, 1.165) is 12.3 Å². The fraction of sp³-hybridized carbons (Fsp3) is 0.909. The van der Waals surface area contributed by atoms with E-state index in [1.165, 1.54) is 38.5 Å². The monoisotopic (exact) mass is 164 g/mol. The van der Waals surface area contributed by atoms with E-state index in [1.54, 1.807) is 0 Å².